The lowest BCUT2D eigenvalue weighted by Gasteiger charge is -2.39. The fraction of sp³-hybridized carbons (Fsp3) is 0.133. The monoisotopic (exact) mass is 716 g/mol. The van der Waals surface area contributed by atoms with Crippen LogP contribution >= 0.6 is 0 Å². The van der Waals surface area contributed by atoms with Gasteiger partial charge >= 0.3 is 0 Å². The highest BCUT2D eigenvalue weighted by molar-refractivity contribution is 5.54. The molecule has 0 saturated heterocycles. The number of aromatic nitrogens is 3. The van der Waals surface area contributed by atoms with Gasteiger partial charge in [0.2, 0.25) is 5.75 Å². The molecule has 9 nitrogen and oxygen atoms in total. The molecule has 3 heterocycles. The van der Waals surface area contributed by atoms with Crippen LogP contribution in [0.15, 0.2) is 177 Å². The average molecular weight is 717 g/mol. The molecule has 3 aromatic heterocycles. The number of benzene rings is 4. The summed E-state index contributed by atoms with van der Waals surface area (Å²) < 4.78 is 40.6. The first-order chi connectivity index (χ1) is 26.6. The Morgan fingerprint density at radius 2 is 0.722 bits per heavy atom. The maximum atomic E-state index is 7.24. The second kappa shape index (κ2) is 16.1. The van der Waals surface area contributed by atoms with Crippen molar-refractivity contribution < 1.29 is 28.4 Å². The van der Waals surface area contributed by atoms with Crippen molar-refractivity contribution in [2.75, 3.05) is 21.3 Å². The molecule has 0 bridgehead atoms. The van der Waals surface area contributed by atoms with Gasteiger partial charge in [0, 0.05) is 98.0 Å². The molecule has 269 valence electrons. The first-order valence-corrected chi connectivity index (χ1v) is 17.2. The van der Waals surface area contributed by atoms with Gasteiger partial charge in [0.15, 0.2) is 11.5 Å². The topological polar surface area (TPSA) is 94.1 Å². The van der Waals surface area contributed by atoms with Crippen molar-refractivity contribution in [3.8, 4) is 17.2 Å². The zero-order valence-electron chi connectivity index (χ0n) is 30.0. The first kappa shape index (κ1) is 36.0. The highest BCUT2D eigenvalue weighted by Crippen LogP contribution is 2.50. The summed E-state index contributed by atoms with van der Waals surface area (Å²) in [7, 11) is 4.76. The van der Waals surface area contributed by atoms with E-state index in [1.807, 2.05) is 127 Å². The van der Waals surface area contributed by atoms with Crippen molar-refractivity contribution >= 4 is 0 Å². The van der Waals surface area contributed by atoms with Gasteiger partial charge in [-0.1, -0.05) is 91.0 Å². The van der Waals surface area contributed by atoms with E-state index in [1.54, 1.807) is 70.6 Å². The minimum Gasteiger partial charge on any atom is -0.450 e. The van der Waals surface area contributed by atoms with E-state index >= 15 is 0 Å². The fourth-order valence-corrected chi connectivity index (χ4v) is 6.51. The summed E-state index contributed by atoms with van der Waals surface area (Å²) in [6, 6.07) is 46.7. The maximum Gasteiger partial charge on any atom is 0.264 e. The molecule has 0 amide bonds. The number of hydrogen-bond donors (Lipinski definition) is 0. The number of hydrogen-bond acceptors (Lipinski definition) is 9. The lowest BCUT2D eigenvalue weighted by Crippen LogP contribution is -2.40. The van der Waals surface area contributed by atoms with Crippen LogP contribution in [0.1, 0.15) is 33.4 Å². The quantitative estimate of drug-likeness (QED) is 0.0970. The first-order valence-electron chi connectivity index (χ1n) is 17.2. The van der Waals surface area contributed by atoms with E-state index in [2.05, 4.69) is 21.0 Å². The van der Waals surface area contributed by atoms with Crippen molar-refractivity contribution in [3.63, 3.8) is 0 Å². The van der Waals surface area contributed by atoms with Gasteiger partial charge in [-0.25, -0.2) is 0 Å². The van der Waals surface area contributed by atoms with Crippen molar-refractivity contribution in [2.45, 2.75) is 17.4 Å². The molecule has 7 rings (SSSR count). The molecule has 9 heteroatoms. The molecule has 0 aliphatic carbocycles. The van der Waals surface area contributed by atoms with Gasteiger partial charge < -0.3 is 28.4 Å². The summed E-state index contributed by atoms with van der Waals surface area (Å²) in [6.45, 7) is 0. The van der Waals surface area contributed by atoms with Gasteiger partial charge in [-0.2, -0.15) is 0 Å². The maximum absolute atomic E-state index is 7.24. The van der Waals surface area contributed by atoms with Crippen LogP contribution < -0.4 is 14.2 Å². The molecule has 0 aliphatic heterocycles. The lowest BCUT2D eigenvalue weighted by atomic mass is 9.97. The summed E-state index contributed by atoms with van der Waals surface area (Å²) in [5.41, 5.74) is 4.17. The molecule has 0 spiro atoms. The van der Waals surface area contributed by atoms with Gasteiger partial charge in [0.1, 0.15) is 0 Å². The van der Waals surface area contributed by atoms with Crippen LogP contribution in [0.4, 0.5) is 0 Å². The van der Waals surface area contributed by atoms with Crippen molar-refractivity contribution in [2.24, 2.45) is 0 Å². The van der Waals surface area contributed by atoms with Crippen LogP contribution in [0.2, 0.25) is 0 Å². The van der Waals surface area contributed by atoms with Crippen molar-refractivity contribution in [1.82, 2.24) is 15.0 Å². The number of nitrogens with zero attached hydrogens (tertiary/aromatic N) is 3. The smallest absolute Gasteiger partial charge is 0.264 e. The zero-order valence-corrected chi connectivity index (χ0v) is 30.0. The summed E-state index contributed by atoms with van der Waals surface area (Å²) in [6.07, 6.45) is 10.1. The summed E-state index contributed by atoms with van der Waals surface area (Å²) >= 11 is 0. The van der Waals surface area contributed by atoms with Crippen molar-refractivity contribution in [3.05, 3.63) is 216 Å². The van der Waals surface area contributed by atoms with E-state index < -0.39 is 17.4 Å². The summed E-state index contributed by atoms with van der Waals surface area (Å²) in [5.74, 6) is -3.92. The number of ether oxygens (including phenoxy) is 6. The molecule has 7 aromatic rings. The van der Waals surface area contributed by atoms with Crippen LogP contribution in [0.5, 0.6) is 17.2 Å². The highest BCUT2D eigenvalue weighted by atomic mass is 16.7. The van der Waals surface area contributed by atoms with Crippen LogP contribution in [0, 0.1) is 6.07 Å². The molecular formula is C45H38N3O6. The zero-order chi connectivity index (χ0) is 37.3. The van der Waals surface area contributed by atoms with Gasteiger partial charge in [-0.3, -0.25) is 15.0 Å². The third kappa shape index (κ3) is 6.79. The Bertz CT molecular complexity index is 1980. The predicted octanol–water partition coefficient (Wildman–Crippen LogP) is 8.45. The van der Waals surface area contributed by atoms with Gasteiger partial charge in [0.05, 0.1) is 0 Å². The van der Waals surface area contributed by atoms with Gasteiger partial charge in [-0.05, 0) is 48.5 Å². The van der Waals surface area contributed by atoms with Gasteiger partial charge in [0.25, 0.3) is 17.4 Å². The Hall–Kier alpha value is -6.39. The molecule has 54 heavy (non-hydrogen) atoms. The van der Waals surface area contributed by atoms with Crippen LogP contribution in [-0.2, 0) is 31.6 Å². The minimum absolute atomic E-state index is 0.151. The van der Waals surface area contributed by atoms with E-state index in [0.717, 1.165) is 5.56 Å². The molecule has 0 saturated carbocycles. The second-order valence-electron chi connectivity index (χ2n) is 12.1. The Morgan fingerprint density at radius 1 is 0.389 bits per heavy atom. The van der Waals surface area contributed by atoms with E-state index in [9.17, 15) is 0 Å². The fourth-order valence-electron chi connectivity index (χ4n) is 6.51. The SMILES string of the molecule is COC(Oc1[c]ccc(OC(OC)(c2ccccc2)c2ccncc2)c1OC(OC)(c1ccccc1)c1ccncc1)(c1ccccc1)c1ccncc1. The minimum atomic E-state index is -1.53. The van der Waals surface area contributed by atoms with E-state index in [0.29, 0.717) is 27.8 Å². The largest absolute Gasteiger partial charge is 0.450 e. The number of rotatable bonds is 15. The second-order valence-corrected chi connectivity index (χ2v) is 12.1. The average Bonchev–Trinajstić information content (AvgIpc) is 3.26. The van der Waals surface area contributed by atoms with Crippen LogP contribution in [0.25, 0.3) is 0 Å². The van der Waals surface area contributed by atoms with E-state index in [4.69, 9.17) is 28.4 Å². The Kier molecular flexibility index (Phi) is 10.7. The van der Waals surface area contributed by atoms with Crippen LogP contribution in [0.3, 0.4) is 0 Å². The van der Waals surface area contributed by atoms with E-state index in [-0.39, 0.29) is 17.2 Å². The molecular weight excluding hydrogens is 679 g/mol. The summed E-state index contributed by atoms with van der Waals surface area (Å²) in [5, 5.41) is 0. The number of pyridine rings is 3. The lowest BCUT2D eigenvalue weighted by molar-refractivity contribution is -0.161. The Labute approximate surface area is 314 Å². The Morgan fingerprint density at radius 3 is 1.09 bits per heavy atom. The Balaban J connectivity index is 1.50. The molecule has 3 atom stereocenters. The molecule has 3 unspecified atom stereocenters. The number of methoxy groups -OCH3 is 3. The predicted molar refractivity (Wildman–Crippen MR) is 203 cm³/mol. The molecule has 4 aromatic carbocycles. The summed E-state index contributed by atoms with van der Waals surface area (Å²) in [4.78, 5) is 12.8. The van der Waals surface area contributed by atoms with Crippen LogP contribution in [-0.4, -0.2) is 36.3 Å². The molecule has 0 aliphatic rings. The standard InChI is InChI=1S/C45H38N3O6/c1-49-43(34-14-7-4-8-15-34,37-22-28-46-29-23-37)52-40-20-13-21-41(53-44(50-2,35-16-9-5-10-17-35)38-24-30-47-31-25-38)42(40)54-45(51-3,36-18-11-6-12-19-36)39-26-32-48-33-27-39/h4-20,22-33H,1-3H3. The third-order valence-corrected chi connectivity index (χ3v) is 9.13. The highest BCUT2D eigenvalue weighted by Gasteiger charge is 2.44. The normalized spacial score (nSPS) is 14.5. The molecule has 1 radical (unpaired) electrons. The van der Waals surface area contributed by atoms with E-state index in [1.165, 1.54) is 0 Å². The van der Waals surface area contributed by atoms with Crippen molar-refractivity contribution in [1.29, 1.82) is 0 Å². The third-order valence-electron chi connectivity index (χ3n) is 9.13. The molecule has 0 fully saturated rings. The van der Waals surface area contributed by atoms with Gasteiger partial charge in [-0.15, -0.1) is 0 Å². The molecule has 0 N–H and O–H groups in total.